The molecule has 0 aromatic heterocycles. The molecule has 7 heteroatoms. The molecule has 25 heavy (non-hydrogen) atoms. The van der Waals surface area contributed by atoms with Crippen LogP contribution in [0.4, 0.5) is 5.69 Å². The van der Waals surface area contributed by atoms with Crippen molar-refractivity contribution >= 4 is 23.0 Å². The van der Waals surface area contributed by atoms with E-state index < -0.39 is 0 Å². The molecular formula is C18H22N2O4S. The minimum atomic E-state index is 0.472. The van der Waals surface area contributed by atoms with E-state index in [-0.39, 0.29) is 0 Å². The van der Waals surface area contributed by atoms with E-state index in [9.17, 15) is 0 Å². The van der Waals surface area contributed by atoms with Gasteiger partial charge in [0.15, 0.2) is 16.6 Å². The quantitative estimate of drug-likeness (QED) is 0.734. The standard InChI is InChI=1S/C18H22N2O4S/c1-21-14-7-5-6-13(10-14)20-18(25)19-11-12-8-9-15(22-2)17(24-4)16(12)23-3/h5-10H,11H2,1-4H3,(H2,19,20,25). The summed E-state index contributed by atoms with van der Waals surface area (Å²) in [6.07, 6.45) is 0. The Kier molecular flexibility index (Phi) is 6.71. The second kappa shape index (κ2) is 8.98. The average Bonchev–Trinajstić information content (AvgIpc) is 2.65. The molecule has 0 aliphatic rings. The molecule has 0 bridgehead atoms. The first kappa shape index (κ1) is 18.7. The van der Waals surface area contributed by atoms with Crippen molar-refractivity contribution in [2.45, 2.75) is 6.54 Å². The Labute approximate surface area is 153 Å². The van der Waals surface area contributed by atoms with Gasteiger partial charge in [0.25, 0.3) is 0 Å². The third-order valence-electron chi connectivity index (χ3n) is 3.55. The minimum Gasteiger partial charge on any atom is -0.497 e. The summed E-state index contributed by atoms with van der Waals surface area (Å²) in [5.41, 5.74) is 1.74. The van der Waals surface area contributed by atoms with Crippen LogP contribution in [0.1, 0.15) is 5.56 Å². The Hall–Kier alpha value is -2.67. The fourth-order valence-corrected chi connectivity index (χ4v) is 2.54. The van der Waals surface area contributed by atoms with Gasteiger partial charge in [0.1, 0.15) is 5.75 Å². The maximum Gasteiger partial charge on any atom is 0.203 e. The molecule has 0 aliphatic heterocycles. The maximum atomic E-state index is 5.47. The average molecular weight is 362 g/mol. The third kappa shape index (κ3) is 4.67. The molecule has 0 radical (unpaired) electrons. The van der Waals surface area contributed by atoms with Crippen molar-refractivity contribution in [3.63, 3.8) is 0 Å². The molecule has 0 fully saturated rings. The third-order valence-corrected chi connectivity index (χ3v) is 3.80. The summed E-state index contributed by atoms with van der Waals surface area (Å²) in [6, 6.07) is 11.3. The molecule has 2 N–H and O–H groups in total. The highest BCUT2D eigenvalue weighted by molar-refractivity contribution is 7.80. The van der Waals surface area contributed by atoms with Crippen molar-refractivity contribution in [3.8, 4) is 23.0 Å². The number of anilines is 1. The second-order valence-corrected chi connectivity index (χ2v) is 5.44. The van der Waals surface area contributed by atoms with Crippen molar-refractivity contribution in [3.05, 3.63) is 42.0 Å². The van der Waals surface area contributed by atoms with E-state index in [4.69, 9.17) is 31.2 Å². The number of ether oxygens (including phenoxy) is 4. The van der Waals surface area contributed by atoms with Gasteiger partial charge in [-0.25, -0.2) is 0 Å². The van der Waals surface area contributed by atoms with Crippen LogP contribution in [0.2, 0.25) is 0 Å². The zero-order valence-electron chi connectivity index (χ0n) is 14.7. The lowest BCUT2D eigenvalue weighted by Gasteiger charge is -2.17. The smallest absolute Gasteiger partial charge is 0.203 e. The van der Waals surface area contributed by atoms with Crippen molar-refractivity contribution in [2.24, 2.45) is 0 Å². The summed E-state index contributed by atoms with van der Waals surface area (Å²) in [4.78, 5) is 0. The molecule has 0 heterocycles. The Morgan fingerprint density at radius 1 is 0.920 bits per heavy atom. The summed E-state index contributed by atoms with van der Waals surface area (Å²) in [6.45, 7) is 0.472. The van der Waals surface area contributed by atoms with E-state index in [1.54, 1.807) is 28.4 Å². The molecular weight excluding hydrogens is 340 g/mol. The number of hydrogen-bond donors (Lipinski definition) is 2. The first-order chi connectivity index (χ1) is 12.1. The van der Waals surface area contributed by atoms with Crippen LogP contribution in [-0.4, -0.2) is 33.6 Å². The summed E-state index contributed by atoms with van der Waals surface area (Å²) in [7, 11) is 6.38. The van der Waals surface area contributed by atoms with Gasteiger partial charge in [-0.2, -0.15) is 0 Å². The number of benzene rings is 2. The van der Waals surface area contributed by atoms with Crippen LogP contribution in [0.25, 0.3) is 0 Å². The predicted molar refractivity (Wildman–Crippen MR) is 102 cm³/mol. The van der Waals surface area contributed by atoms with Gasteiger partial charge in [0, 0.05) is 23.9 Å². The van der Waals surface area contributed by atoms with Crippen LogP contribution in [0, 0.1) is 0 Å². The highest BCUT2D eigenvalue weighted by atomic mass is 32.1. The molecule has 6 nitrogen and oxygen atoms in total. The minimum absolute atomic E-state index is 0.472. The van der Waals surface area contributed by atoms with E-state index in [0.29, 0.717) is 28.9 Å². The fraction of sp³-hybridized carbons (Fsp3) is 0.278. The zero-order chi connectivity index (χ0) is 18.2. The van der Waals surface area contributed by atoms with E-state index >= 15 is 0 Å². The highest BCUT2D eigenvalue weighted by Gasteiger charge is 2.15. The predicted octanol–water partition coefficient (Wildman–Crippen LogP) is 3.21. The van der Waals surface area contributed by atoms with Crippen LogP contribution in [0.3, 0.4) is 0 Å². The molecule has 0 spiro atoms. The molecule has 0 saturated heterocycles. The number of nitrogens with one attached hydrogen (secondary N) is 2. The van der Waals surface area contributed by atoms with Gasteiger partial charge in [-0.05, 0) is 36.5 Å². The van der Waals surface area contributed by atoms with Gasteiger partial charge in [-0.1, -0.05) is 6.07 Å². The topological polar surface area (TPSA) is 61.0 Å². The lowest BCUT2D eigenvalue weighted by molar-refractivity contribution is 0.322. The van der Waals surface area contributed by atoms with Crippen LogP contribution < -0.4 is 29.6 Å². The van der Waals surface area contributed by atoms with E-state index in [1.165, 1.54) is 0 Å². The molecule has 0 aliphatic carbocycles. The van der Waals surface area contributed by atoms with Crippen molar-refractivity contribution in [1.82, 2.24) is 5.32 Å². The lowest BCUT2D eigenvalue weighted by Crippen LogP contribution is -2.28. The number of thiocarbonyl (C=S) groups is 1. The molecule has 2 aromatic carbocycles. The van der Waals surface area contributed by atoms with Gasteiger partial charge < -0.3 is 29.6 Å². The monoisotopic (exact) mass is 362 g/mol. The Balaban J connectivity index is 2.06. The second-order valence-electron chi connectivity index (χ2n) is 5.03. The van der Waals surface area contributed by atoms with Gasteiger partial charge in [0.2, 0.25) is 5.75 Å². The number of rotatable bonds is 7. The fourth-order valence-electron chi connectivity index (χ4n) is 2.35. The Bertz CT molecular complexity index is 737. The van der Waals surface area contributed by atoms with Gasteiger partial charge in [0.05, 0.1) is 28.4 Å². The molecule has 0 unspecified atom stereocenters. The molecule has 134 valence electrons. The molecule has 2 rings (SSSR count). The normalized spacial score (nSPS) is 9.92. The summed E-state index contributed by atoms with van der Waals surface area (Å²) in [5.74, 6) is 2.53. The van der Waals surface area contributed by atoms with E-state index in [0.717, 1.165) is 17.0 Å². The van der Waals surface area contributed by atoms with Crippen molar-refractivity contribution in [2.75, 3.05) is 33.8 Å². The van der Waals surface area contributed by atoms with Gasteiger partial charge >= 0.3 is 0 Å². The van der Waals surface area contributed by atoms with Crippen LogP contribution in [-0.2, 0) is 6.54 Å². The molecule has 0 amide bonds. The molecule has 2 aromatic rings. The summed E-state index contributed by atoms with van der Waals surface area (Å²) >= 11 is 5.34. The van der Waals surface area contributed by atoms with Gasteiger partial charge in [-0.15, -0.1) is 0 Å². The number of hydrogen-bond acceptors (Lipinski definition) is 5. The summed E-state index contributed by atoms with van der Waals surface area (Å²) < 4.78 is 21.3. The van der Waals surface area contributed by atoms with Crippen molar-refractivity contribution < 1.29 is 18.9 Å². The van der Waals surface area contributed by atoms with Crippen molar-refractivity contribution in [1.29, 1.82) is 0 Å². The Morgan fingerprint density at radius 3 is 2.32 bits per heavy atom. The van der Waals surface area contributed by atoms with Crippen LogP contribution in [0.5, 0.6) is 23.0 Å². The van der Waals surface area contributed by atoms with E-state index in [2.05, 4.69) is 10.6 Å². The highest BCUT2D eigenvalue weighted by Crippen LogP contribution is 2.39. The maximum absolute atomic E-state index is 5.47. The lowest BCUT2D eigenvalue weighted by atomic mass is 10.1. The first-order valence-electron chi connectivity index (χ1n) is 7.59. The zero-order valence-corrected chi connectivity index (χ0v) is 15.5. The molecule has 0 saturated carbocycles. The Morgan fingerprint density at radius 2 is 1.68 bits per heavy atom. The largest absolute Gasteiger partial charge is 0.497 e. The summed E-state index contributed by atoms with van der Waals surface area (Å²) in [5, 5.41) is 6.76. The SMILES string of the molecule is COc1cccc(NC(=S)NCc2ccc(OC)c(OC)c2OC)c1. The van der Waals surface area contributed by atoms with Crippen LogP contribution >= 0.6 is 12.2 Å². The van der Waals surface area contributed by atoms with E-state index in [1.807, 2.05) is 36.4 Å². The van der Waals surface area contributed by atoms with Gasteiger partial charge in [-0.3, -0.25) is 0 Å². The molecule has 0 atom stereocenters. The number of methoxy groups -OCH3 is 4. The first-order valence-corrected chi connectivity index (χ1v) is 8.00. The van der Waals surface area contributed by atoms with Crippen LogP contribution in [0.15, 0.2) is 36.4 Å².